The first kappa shape index (κ1) is 24.3. The molecule has 3 aromatic rings. The molecule has 5 rings (SSSR count). The van der Waals surface area contributed by atoms with E-state index in [1.165, 1.54) is 0 Å². The molecule has 1 amide bonds. The molecule has 0 unspecified atom stereocenters. The topological polar surface area (TPSA) is 73.5 Å². The van der Waals surface area contributed by atoms with Crippen molar-refractivity contribution in [3.63, 3.8) is 0 Å². The molecule has 1 saturated heterocycles. The Balaban J connectivity index is 1.32. The van der Waals surface area contributed by atoms with Crippen molar-refractivity contribution in [1.82, 2.24) is 19.8 Å². The molecule has 1 aromatic carbocycles. The number of hydrogen-bond acceptors (Lipinski definition) is 5. The van der Waals surface area contributed by atoms with Gasteiger partial charge >= 0.3 is 6.09 Å². The smallest absolute Gasteiger partial charge is 0.410 e. The van der Waals surface area contributed by atoms with E-state index in [9.17, 15) is 9.18 Å². The molecular formula is C28H34FN5O2. The number of likely N-dealkylation sites (tertiary alicyclic amines) is 1. The minimum absolute atomic E-state index is 0.149. The average molecular weight is 492 g/mol. The van der Waals surface area contributed by atoms with Crippen molar-refractivity contribution >= 4 is 34.1 Å². The molecular weight excluding hydrogens is 457 g/mol. The second-order valence-electron chi connectivity index (χ2n) is 10.9. The number of ether oxygens (including phenoxy) is 1. The molecule has 1 fully saturated rings. The van der Waals surface area contributed by atoms with Gasteiger partial charge in [-0.05, 0) is 88.0 Å². The molecule has 0 radical (unpaired) electrons. The number of carbonyl (C=O) groups excluding carboxylic acids is 1. The third-order valence-corrected chi connectivity index (χ3v) is 6.71. The third-order valence-electron chi connectivity index (χ3n) is 6.71. The number of nitrogens with zero attached hydrogens (tertiary/aromatic N) is 3. The first-order valence-electron chi connectivity index (χ1n) is 12.5. The number of rotatable bonds is 5. The molecule has 2 aliphatic heterocycles. The minimum Gasteiger partial charge on any atom is -0.444 e. The van der Waals surface area contributed by atoms with E-state index in [1.54, 1.807) is 23.2 Å². The Hall–Kier alpha value is -3.39. The summed E-state index contributed by atoms with van der Waals surface area (Å²) in [6.45, 7) is 8.76. The van der Waals surface area contributed by atoms with Crippen LogP contribution in [-0.4, -0.2) is 64.7 Å². The number of benzene rings is 1. The standard InChI is InChI=1S/C28H34FN5O2/c1-28(2,3)36-27(35)34-11-8-19(9-12-34)25-15-22-24(7-10-30-26(22)32-25)31-21-5-6-23(29)20(14-21)13-18-16-33(4)17-18/h5-8,10,14-15,18H,9,11-13,16-17H2,1-4H3,(H2,30,31,32). The van der Waals surface area contributed by atoms with Crippen LogP contribution in [-0.2, 0) is 11.2 Å². The van der Waals surface area contributed by atoms with Crippen LogP contribution in [0.2, 0.25) is 0 Å². The number of aromatic amines is 1. The van der Waals surface area contributed by atoms with Gasteiger partial charge in [0.2, 0.25) is 0 Å². The van der Waals surface area contributed by atoms with Gasteiger partial charge in [0.1, 0.15) is 17.1 Å². The number of pyridine rings is 1. The average Bonchev–Trinajstić information content (AvgIpc) is 3.25. The number of anilines is 2. The van der Waals surface area contributed by atoms with Crippen molar-refractivity contribution < 1.29 is 13.9 Å². The van der Waals surface area contributed by atoms with Crippen LogP contribution in [0.25, 0.3) is 16.6 Å². The lowest BCUT2D eigenvalue weighted by molar-refractivity contribution is 0.0270. The number of aromatic nitrogens is 2. The largest absolute Gasteiger partial charge is 0.444 e. The van der Waals surface area contributed by atoms with Gasteiger partial charge in [0.25, 0.3) is 0 Å². The van der Waals surface area contributed by atoms with E-state index in [2.05, 4.69) is 39.4 Å². The molecule has 0 bridgehead atoms. The van der Waals surface area contributed by atoms with Gasteiger partial charge < -0.3 is 24.8 Å². The maximum Gasteiger partial charge on any atom is 0.410 e. The van der Waals surface area contributed by atoms with Crippen LogP contribution >= 0.6 is 0 Å². The van der Waals surface area contributed by atoms with E-state index >= 15 is 0 Å². The Kier molecular flexibility index (Phi) is 6.47. The van der Waals surface area contributed by atoms with Crippen LogP contribution < -0.4 is 5.32 Å². The number of carbonyl (C=O) groups is 1. The molecule has 0 atom stereocenters. The number of nitrogens with one attached hydrogen (secondary N) is 2. The van der Waals surface area contributed by atoms with Crippen molar-refractivity contribution in [2.45, 2.75) is 39.2 Å². The fourth-order valence-electron chi connectivity index (χ4n) is 4.95. The zero-order valence-corrected chi connectivity index (χ0v) is 21.4. The van der Waals surface area contributed by atoms with Gasteiger partial charge in [-0.2, -0.15) is 0 Å². The SMILES string of the molecule is CN1CC(Cc2cc(Nc3ccnc4[nH]c(C5=CCN(C(=O)OC(C)(C)C)CC5)cc34)ccc2F)C1. The second kappa shape index (κ2) is 9.58. The summed E-state index contributed by atoms with van der Waals surface area (Å²) in [4.78, 5) is 24.3. The van der Waals surface area contributed by atoms with E-state index in [-0.39, 0.29) is 11.9 Å². The van der Waals surface area contributed by atoms with Crippen molar-refractivity contribution in [2.24, 2.45) is 5.92 Å². The lowest BCUT2D eigenvalue weighted by atomic mass is 9.92. The number of amides is 1. The zero-order valence-electron chi connectivity index (χ0n) is 21.4. The highest BCUT2D eigenvalue weighted by atomic mass is 19.1. The highest BCUT2D eigenvalue weighted by molar-refractivity contribution is 5.94. The second-order valence-corrected chi connectivity index (χ2v) is 10.9. The van der Waals surface area contributed by atoms with Crippen LogP contribution in [0.3, 0.4) is 0 Å². The summed E-state index contributed by atoms with van der Waals surface area (Å²) in [7, 11) is 2.09. The van der Waals surface area contributed by atoms with Crippen molar-refractivity contribution in [1.29, 1.82) is 0 Å². The van der Waals surface area contributed by atoms with Crippen molar-refractivity contribution in [3.8, 4) is 0 Å². The van der Waals surface area contributed by atoms with Gasteiger partial charge in [-0.3, -0.25) is 0 Å². The van der Waals surface area contributed by atoms with Crippen molar-refractivity contribution in [3.05, 3.63) is 59.7 Å². The van der Waals surface area contributed by atoms with Crippen LogP contribution in [0.4, 0.5) is 20.6 Å². The number of hydrogen-bond donors (Lipinski definition) is 2. The van der Waals surface area contributed by atoms with E-state index in [0.717, 1.165) is 65.2 Å². The summed E-state index contributed by atoms with van der Waals surface area (Å²) >= 11 is 0. The first-order valence-corrected chi connectivity index (χ1v) is 12.5. The Morgan fingerprint density at radius 3 is 2.75 bits per heavy atom. The first-order chi connectivity index (χ1) is 17.1. The Labute approximate surface area is 211 Å². The van der Waals surface area contributed by atoms with Gasteiger partial charge in [0, 0.05) is 49.1 Å². The molecule has 0 aliphatic carbocycles. The maximum absolute atomic E-state index is 14.5. The van der Waals surface area contributed by atoms with Crippen LogP contribution in [0, 0.1) is 11.7 Å². The summed E-state index contributed by atoms with van der Waals surface area (Å²) < 4.78 is 19.9. The molecule has 36 heavy (non-hydrogen) atoms. The van der Waals surface area contributed by atoms with Gasteiger partial charge in [-0.15, -0.1) is 0 Å². The van der Waals surface area contributed by atoms with Gasteiger partial charge in [0.05, 0.1) is 5.69 Å². The molecule has 8 heteroatoms. The zero-order chi connectivity index (χ0) is 25.4. The molecule has 2 aromatic heterocycles. The molecule has 2 N–H and O–H groups in total. The fourth-order valence-corrected chi connectivity index (χ4v) is 4.95. The lowest BCUT2D eigenvalue weighted by Gasteiger charge is -2.36. The van der Waals surface area contributed by atoms with Crippen LogP contribution in [0.5, 0.6) is 0 Å². The molecule has 190 valence electrons. The van der Waals surface area contributed by atoms with Crippen LogP contribution in [0.1, 0.15) is 38.4 Å². The predicted octanol–water partition coefficient (Wildman–Crippen LogP) is 5.57. The van der Waals surface area contributed by atoms with E-state index in [1.807, 2.05) is 32.9 Å². The normalized spacial score (nSPS) is 17.1. The quantitative estimate of drug-likeness (QED) is 0.488. The fraction of sp³-hybridized carbons (Fsp3) is 0.429. The molecule has 7 nitrogen and oxygen atoms in total. The third kappa shape index (κ3) is 5.38. The van der Waals surface area contributed by atoms with Gasteiger partial charge in [-0.25, -0.2) is 14.2 Å². The molecule has 2 aliphatic rings. The molecule has 4 heterocycles. The minimum atomic E-state index is -0.507. The highest BCUT2D eigenvalue weighted by Crippen LogP contribution is 2.31. The van der Waals surface area contributed by atoms with Crippen molar-refractivity contribution in [2.75, 3.05) is 38.5 Å². The Morgan fingerprint density at radius 1 is 1.25 bits per heavy atom. The molecule has 0 spiro atoms. The summed E-state index contributed by atoms with van der Waals surface area (Å²) in [5.74, 6) is 0.359. The number of halogens is 1. The summed E-state index contributed by atoms with van der Waals surface area (Å²) in [6.07, 6.45) is 5.02. The lowest BCUT2D eigenvalue weighted by Crippen LogP contribution is -2.44. The van der Waals surface area contributed by atoms with Gasteiger partial charge in [0.15, 0.2) is 0 Å². The maximum atomic E-state index is 14.5. The summed E-state index contributed by atoms with van der Waals surface area (Å²) in [5.41, 5.74) is 4.93. The molecule has 0 saturated carbocycles. The number of H-pyrrole nitrogens is 1. The van der Waals surface area contributed by atoms with E-state index in [4.69, 9.17) is 4.74 Å². The number of fused-ring (bicyclic) bond motifs is 1. The summed E-state index contributed by atoms with van der Waals surface area (Å²) in [5, 5.41) is 4.43. The summed E-state index contributed by atoms with van der Waals surface area (Å²) in [6, 6.07) is 9.27. The van der Waals surface area contributed by atoms with Gasteiger partial charge in [-0.1, -0.05) is 6.08 Å². The van der Waals surface area contributed by atoms with E-state index < -0.39 is 5.60 Å². The highest BCUT2D eigenvalue weighted by Gasteiger charge is 2.25. The van der Waals surface area contributed by atoms with Crippen LogP contribution in [0.15, 0.2) is 42.6 Å². The predicted molar refractivity (Wildman–Crippen MR) is 141 cm³/mol. The van der Waals surface area contributed by atoms with E-state index in [0.29, 0.717) is 19.0 Å². The Morgan fingerprint density at radius 2 is 2.06 bits per heavy atom. The monoisotopic (exact) mass is 491 g/mol. The Bertz CT molecular complexity index is 1300.